The minimum atomic E-state index is -1.13. The van der Waals surface area contributed by atoms with E-state index < -0.39 is 6.09 Å². The van der Waals surface area contributed by atoms with E-state index in [1.165, 1.54) is 0 Å². The molecule has 18 heavy (non-hydrogen) atoms. The highest BCUT2D eigenvalue weighted by atomic mass is 16.5. The van der Waals surface area contributed by atoms with Crippen LogP contribution < -0.4 is 0 Å². The summed E-state index contributed by atoms with van der Waals surface area (Å²) in [6.07, 6.45) is 3.61. The molecule has 0 radical (unpaired) electrons. The molecule has 1 N–H and O–H groups in total. The number of carbonyl (C=O) groups is 2. The Morgan fingerprint density at radius 1 is 1.11 bits per heavy atom. The molecular formula is C12H20N2O4. The van der Waals surface area contributed by atoms with Crippen LogP contribution >= 0.6 is 0 Å². The van der Waals surface area contributed by atoms with E-state index >= 15 is 0 Å². The summed E-state index contributed by atoms with van der Waals surface area (Å²) in [5, 5.41) is 9.27. The van der Waals surface area contributed by atoms with E-state index in [1.807, 2.05) is 0 Å². The van der Waals surface area contributed by atoms with Crippen LogP contribution in [0.25, 0.3) is 0 Å². The number of amides is 3. The molecule has 2 aliphatic rings. The van der Waals surface area contributed by atoms with Crippen molar-refractivity contribution in [2.45, 2.75) is 38.1 Å². The number of hydrogen-bond donors (Lipinski definition) is 1. The number of nitrogens with zero attached hydrogens (tertiary/aromatic N) is 2. The lowest BCUT2D eigenvalue weighted by atomic mass is 9.94. The molecule has 1 saturated heterocycles. The molecule has 0 aromatic carbocycles. The van der Waals surface area contributed by atoms with Gasteiger partial charge in [0, 0.05) is 19.1 Å². The molecule has 0 spiro atoms. The first kappa shape index (κ1) is 13.1. The topological polar surface area (TPSA) is 70.1 Å². The fraction of sp³-hybridized carbons (Fsp3) is 0.833. The number of rotatable bonds is 1. The minimum absolute atomic E-state index is 0.147. The zero-order chi connectivity index (χ0) is 13.0. The van der Waals surface area contributed by atoms with Gasteiger partial charge in [0.1, 0.15) is 0 Å². The van der Waals surface area contributed by atoms with Gasteiger partial charge in [0.2, 0.25) is 0 Å². The molecule has 102 valence electrons. The maximum absolute atomic E-state index is 12.3. The van der Waals surface area contributed by atoms with E-state index in [1.54, 1.807) is 4.90 Å². The third-order valence-electron chi connectivity index (χ3n) is 3.63. The zero-order valence-electron chi connectivity index (χ0n) is 10.5. The highest BCUT2D eigenvalue weighted by Gasteiger charge is 2.34. The second-order valence-corrected chi connectivity index (χ2v) is 4.83. The summed E-state index contributed by atoms with van der Waals surface area (Å²) >= 11 is 0. The lowest BCUT2D eigenvalue weighted by Gasteiger charge is -2.36. The van der Waals surface area contributed by atoms with Crippen LogP contribution in [0.5, 0.6) is 0 Å². The smallest absolute Gasteiger partial charge is 0.415 e. The molecule has 6 heteroatoms. The summed E-state index contributed by atoms with van der Waals surface area (Å²) in [4.78, 5) is 26.2. The maximum atomic E-state index is 12.3. The Kier molecular flexibility index (Phi) is 4.41. The second kappa shape index (κ2) is 6.04. The van der Waals surface area contributed by atoms with Gasteiger partial charge >= 0.3 is 12.1 Å². The number of urea groups is 1. The van der Waals surface area contributed by atoms with Gasteiger partial charge in [0.15, 0.2) is 0 Å². The lowest BCUT2D eigenvalue weighted by Crippen LogP contribution is -2.53. The van der Waals surface area contributed by atoms with Gasteiger partial charge < -0.3 is 14.7 Å². The van der Waals surface area contributed by atoms with Crippen molar-refractivity contribution in [1.82, 2.24) is 9.80 Å². The summed E-state index contributed by atoms with van der Waals surface area (Å²) in [6, 6.07) is -0.524. The molecule has 1 heterocycles. The van der Waals surface area contributed by atoms with E-state index in [9.17, 15) is 14.7 Å². The van der Waals surface area contributed by atoms with E-state index in [-0.39, 0.29) is 12.1 Å². The van der Waals surface area contributed by atoms with Crippen molar-refractivity contribution < 1.29 is 19.4 Å². The van der Waals surface area contributed by atoms with Crippen LogP contribution in [0, 0.1) is 0 Å². The molecule has 0 bridgehead atoms. The molecule has 2 fully saturated rings. The number of morpholine rings is 1. The van der Waals surface area contributed by atoms with E-state index in [0.29, 0.717) is 26.3 Å². The predicted octanol–water partition coefficient (Wildman–Crippen LogP) is 1.75. The quantitative estimate of drug-likeness (QED) is 0.776. The Morgan fingerprint density at radius 3 is 2.28 bits per heavy atom. The molecule has 0 aromatic rings. The minimum Gasteiger partial charge on any atom is -0.465 e. The Hall–Kier alpha value is -1.30. The van der Waals surface area contributed by atoms with E-state index in [2.05, 4.69) is 0 Å². The summed E-state index contributed by atoms with van der Waals surface area (Å²) in [7, 11) is 0. The van der Waals surface area contributed by atoms with Crippen molar-refractivity contribution in [3.05, 3.63) is 0 Å². The van der Waals surface area contributed by atoms with Crippen molar-refractivity contribution in [2.24, 2.45) is 0 Å². The molecule has 0 atom stereocenters. The Bertz CT molecular complexity index is 309. The number of imide groups is 1. The molecule has 3 amide bonds. The van der Waals surface area contributed by atoms with Gasteiger partial charge in [-0.25, -0.2) is 14.5 Å². The zero-order valence-corrected chi connectivity index (χ0v) is 10.5. The van der Waals surface area contributed by atoms with Gasteiger partial charge in [-0.15, -0.1) is 0 Å². The molecule has 0 unspecified atom stereocenters. The summed E-state index contributed by atoms with van der Waals surface area (Å²) in [5.41, 5.74) is 0. The van der Waals surface area contributed by atoms with Crippen LogP contribution in [0.15, 0.2) is 0 Å². The summed E-state index contributed by atoms with van der Waals surface area (Å²) in [6.45, 7) is 1.94. The van der Waals surface area contributed by atoms with Gasteiger partial charge in [-0.05, 0) is 12.8 Å². The third-order valence-corrected chi connectivity index (χ3v) is 3.63. The maximum Gasteiger partial charge on any atom is 0.415 e. The molecule has 6 nitrogen and oxygen atoms in total. The second-order valence-electron chi connectivity index (χ2n) is 4.83. The highest BCUT2D eigenvalue weighted by Crippen LogP contribution is 2.24. The van der Waals surface area contributed by atoms with Gasteiger partial charge in [-0.1, -0.05) is 19.3 Å². The average Bonchev–Trinajstić information content (AvgIpc) is 2.40. The largest absolute Gasteiger partial charge is 0.465 e. The Morgan fingerprint density at radius 2 is 1.72 bits per heavy atom. The molecule has 2 rings (SSSR count). The van der Waals surface area contributed by atoms with Crippen LogP contribution in [0.4, 0.5) is 9.59 Å². The van der Waals surface area contributed by atoms with Crippen molar-refractivity contribution in [3.63, 3.8) is 0 Å². The number of carboxylic acid groups (broad SMARTS) is 1. The number of carbonyl (C=O) groups excluding carboxylic acids is 1. The standard InChI is InChI=1S/C12H20N2O4/c15-11(13-6-8-18-9-7-13)14(12(16)17)10-4-2-1-3-5-10/h10H,1-9H2,(H,16,17). The van der Waals surface area contributed by atoms with Crippen molar-refractivity contribution in [2.75, 3.05) is 26.3 Å². The van der Waals surface area contributed by atoms with Crippen molar-refractivity contribution >= 4 is 12.1 Å². The fourth-order valence-electron chi connectivity index (χ4n) is 2.64. The van der Waals surface area contributed by atoms with Crippen LogP contribution in [0.2, 0.25) is 0 Å². The Balaban J connectivity index is 2.03. The average molecular weight is 256 g/mol. The van der Waals surface area contributed by atoms with Gasteiger partial charge in [-0.3, -0.25) is 0 Å². The fourth-order valence-corrected chi connectivity index (χ4v) is 2.64. The third kappa shape index (κ3) is 2.93. The molecular weight excluding hydrogens is 236 g/mol. The summed E-state index contributed by atoms with van der Waals surface area (Å²) < 4.78 is 5.18. The first-order chi connectivity index (χ1) is 8.70. The van der Waals surface area contributed by atoms with Gasteiger partial charge in [-0.2, -0.15) is 0 Å². The number of ether oxygens (including phenoxy) is 1. The predicted molar refractivity (Wildman–Crippen MR) is 64.5 cm³/mol. The first-order valence-corrected chi connectivity index (χ1v) is 6.59. The van der Waals surface area contributed by atoms with Crippen LogP contribution in [-0.4, -0.2) is 59.4 Å². The molecule has 0 aromatic heterocycles. The van der Waals surface area contributed by atoms with Gasteiger partial charge in [0.25, 0.3) is 0 Å². The normalized spacial score (nSPS) is 21.7. The van der Waals surface area contributed by atoms with Crippen LogP contribution in [0.1, 0.15) is 32.1 Å². The van der Waals surface area contributed by atoms with Crippen LogP contribution in [-0.2, 0) is 4.74 Å². The Labute approximate surface area is 106 Å². The van der Waals surface area contributed by atoms with E-state index in [0.717, 1.165) is 37.0 Å². The lowest BCUT2D eigenvalue weighted by molar-refractivity contribution is 0.0375. The molecule has 1 saturated carbocycles. The van der Waals surface area contributed by atoms with Gasteiger partial charge in [0.05, 0.1) is 13.2 Å². The highest BCUT2D eigenvalue weighted by molar-refractivity contribution is 5.90. The number of hydrogen-bond acceptors (Lipinski definition) is 3. The van der Waals surface area contributed by atoms with Crippen LogP contribution in [0.3, 0.4) is 0 Å². The van der Waals surface area contributed by atoms with Crippen molar-refractivity contribution in [3.8, 4) is 0 Å². The van der Waals surface area contributed by atoms with E-state index in [4.69, 9.17) is 4.74 Å². The monoisotopic (exact) mass is 256 g/mol. The van der Waals surface area contributed by atoms with Crippen molar-refractivity contribution in [1.29, 1.82) is 0 Å². The molecule has 1 aliphatic heterocycles. The summed E-state index contributed by atoms with van der Waals surface area (Å²) in [5.74, 6) is 0. The molecule has 1 aliphatic carbocycles. The SMILES string of the molecule is O=C(O)N(C(=O)N1CCOCC1)C1CCCCC1. The first-order valence-electron chi connectivity index (χ1n) is 6.59.